The standard InChI is InChI=1S/C21H18F2O3/c1-2-26-21(25)20-18(14-4-3-5-17(23)10-14)11-15(12-19(20)24)13-6-8-16(22)9-7-13/h3-10,12,18,20H,2,11H2,1H3/t18-,20+/m1/s1. The lowest BCUT2D eigenvalue weighted by atomic mass is 9.73. The molecule has 0 bridgehead atoms. The van der Waals surface area contributed by atoms with Crippen LogP contribution in [-0.4, -0.2) is 18.4 Å². The summed E-state index contributed by atoms with van der Waals surface area (Å²) in [6.07, 6.45) is 1.76. The van der Waals surface area contributed by atoms with Crippen LogP contribution in [0.5, 0.6) is 0 Å². The summed E-state index contributed by atoms with van der Waals surface area (Å²) in [7, 11) is 0. The van der Waals surface area contributed by atoms with Gasteiger partial charge in [0, 0.05) is 5.92 Å². The van der Waals surface area contributed by atoms with E-state index in [1.54, 1.807) is 31.2 Å². The molecule has 0 aliphatic heterocycles. The Morgan fingerprint density at radius 3 is 2.50 bits per heavy atom. The summed E-state index contributed by atoms with van der Waals surface area (Å²) in [5.74, 6) is -3.36. The Morgan fingerprint density at radius 2 is 1.85 bits per heavy atom. The number of halogens is 2. The van der Waals surface area contributed by atoms with Crippen LogP contribution in [0.3, 0.4) is 0 Å². The molecular formula is C21H18F2O3. The Morgan fingerprint density at radius 1 is 1.12 bits per heavy atom. The molecule has 3 nitrogen and oxygen atoms in total. The molecule has 5 heteroatoms. The fourth-order valence-corrected chi connectivity index (χ4v) is 3.30. The smallest absolute Gasteiger partial charge is 0.317 e. The number of carbonyl (C=O) groups excluding carboxylic acids is 2. The molecule has 0 aromatic heterocycles. The Hall–Kier alpha value is -2.82. The lowest BCUT2D eigenvalue weighted by Crippen LogP contribution is -2.34. The number of benzene rings is 2. The van der Waals surface area contributed by atoms with Crippen molar-refractivity contribution in [3.63, 3.8) is 0 Å². The molecule has 2 aromatic rings. The second-order valence-corrected chi connectivity index (χ2v) is 6.17. The van der Waals surface area contributed by atoms with Gasteiger partial charge in [0.05, 0.1) is 6.61 Å². The number of ether oxygens (including phenoxy) is 1. The molecule has 0 amide bonds. The summed E-state index contributed by atoms with van der Waals surface area (Å²) >= 11 is 0. The average molecular weight is 356 g/mol. The van der Waals surface area contributed by atoms with Crippen molar-refractivity contribution in [2.75, 3.05) is 6.61 Å². The van der Waals surface area contributed by atoms with Crippen molar-refractivity contribution in [3.8, 4) is 0 Å². The number of allylic oxidation sites excluding steroid dienone is 2. The van der Waals surface area contributed by atoms with Crippen molar-refractivity contribution in [1.82, 2.24) is 0 Å². The molecule has 1 aliphatic rings. The van der Waals surface area contributed by atoms with Crippen LogP contribution in [0.1, 0.15) is 30.4 Å². The van der Waals surface area contributed by atoms with Crippen LogP contribution in [0.15, 0.2) is 54.6 Å². The minimum absolute atomic E-state index is 0.160. The zero-order chi connectivity index (χ0) is 18.7. The maximum absolute atomic E-state index is 13.7. The highest BCUT2D eigenvalue weighted by Gasteiger charge is 2.39. The molecule has 134 valence electrons. The van der Waals surface area contributed by atoms with Gasteiger partial charge < -0.3 is 4.74 Å². The molecule has 0 unspecified atom stereocenters. The number of hydrogen-bond donors (Lipinski definition) is 0. The van der Waals surface area contributed by atoms with Gasteiger partial charge in [0.1, 0.15) is 17.6 Å². The Labute approximate surface area is 150 Å². The van der Waals surface area contributed by atoms with Gasteiger partial charge in [-0.05, 0) is 60.4 Å². The first kappa shape index (κ1) is 18.0. The van der Waals surface area contributed by atoms with Gasteiger partial charge in [-0.15, -0.1) is 0 Å². The van der Waals surface area contributed by atoms with Crippen LogP contribution < -0.4 is 0 Å². The van der Waals surface area contributed by atoms with E-state index in [0.29, 0.717) is 23.1 Å². The highest BCUT2D eigenvalue weighted by molar-refractivity contribution is 6.10. The van der Waals surface area contributed by atoms with Crippen LogP contribution in [0.25, 0.3) is 5.57 Å². The molecule has 0 radical (unpaired) electrons. The van der Waals surface area contributed by atoms with Gasteiger partial charge in [-0.3, -0.25) is 9.59 Å². The van der Waals surface area contributed by atoms with Gasteiger partial charge in [0.15, 0.2) is 5.78 Å². The van der Waals surface area contributed by atoms with Crippen molar-refractivity contribution < 1.29 is 23.1 Å². The van der Waals surface area contributed by atoms with E-state index in [4.69, 9.17) is 4.74 Å². The van der Waals surface area contributed by atoms with Crippen molar-refractivity contribution in [3.05, 3.63) is 77.4 Å². The van der Waals surface area contributed by atoms with Crippen LogP contribution in [0.2, 0.25) is 0 Å². The Kier molecular flexibility index (Phi) is 5.26. The zero-order valence-corrected chi connectivity index (χ0v) is 14.2. The van der Waals surface area contributed by atoms with E-state index in [2.05, 4.69) is 0 Å². The molecule has 2 aromatic carbocycles. The van der Waals surface area contributed by atoms with Crippen LogP contribution in [0.4, 0.5) is 8.78 Å². The first-order valence-corrected chi connectivity index (χ1v) is 8.42. The summed E-state index contributed by atoms with van der Waals surface area (Å²) in [4.78, 5) is 25.0. The summed E-state index contributed by atoms with van der Waals surface area (Å²) in [6, 6.07) is 11.7. The second-order valence-electron chi connectivity index (χ2n) is 6.17. The third-order valence-electron chi connectivity index (χ3n) is 4.50. The lowest BCUT2D eigenvalue weighted by Gasteiger charge is -2.29. The summed E-state index contributed by atoms with van der Waals surface area (Å²) in [5.41, 5.74) is 1.94. The predicted octanol–water partition coefficient (Wildman–Crippen LogP) is 4.28. The predicted molar refractivity (Wildman–Crippen MR) is 93.3 cm³/mol. The largest absolute Gasteiger partial charge is 0.465 e. The highest BCUT2D eigenvalue weighted by atomic mass is 19.1. The van der Waals surface area contributed by atoms with Gasteiger partial charge in [-0.2, -0.15) is 0 Å². The monoisotopic (exact) mass is 356 g/mol. The van der Waals surface area contributed by atoms with Crippen LogP contribution in [-0.2, 0) is 14.3 Å². The second kappa shape index (κ2) is 7.60. The molecule has 0 heterocycles. The van der Waals surface area contributed by atoms with Crippen LogP contribution in [0, 0.1) is 17.6 Å². The molecular weight excluding hydrogens is 338 g/mol. The number of ketones is 1. The average Bonchev–Trinajstić information content (AvgIpc) is 2.61. The van der Waals surface area contributed by atoms with Gasteiger partial charge in [0.25, 0.3) is 0 Å². The minimum atomic E-state index is -1.01. The van der Waals surface area contributed by atoms with E-state index in [-0.39, 0.29) is 18.2 Å². The van der Waals surface area contributed by atoms with Crippen molar-refractivity contribution in [2.24, 2.45) is 5.92 Å². The fourth-order valence-electron chi connectivity index (χ4n) is 3.30. The summed E-state index contributed by atoms with van der Waals surface area (Å²) < 4.78 is 31.9. The van der Waals surface area contributed by atoms with E-state index in [1.165, 1.54) is 30.3 Å². The van der Waals surface area contributed by atoms with E-state index in [9.17, 15) is 18.4 Å². The highest BCUT2D eigenvalue weighted by Crippen LogP contribution is 2.40. The Balaban J connectivity index is 2.02. The van der Waals surface area contributed by atoms with Crippen molar-refractivity contribution in [1.29, 1.82) is 0 Å². The number of rotatable bonds is 4. The first-order valence-electron chi connectivity index (χ1n) is 8.42. The molecule has 0 N–H and O–H groups in total. The SMILES string of the molecule is CCOC(=O)[C@@H]1C(=O)C=C(c2ccc(F)cc2)C[C@@H]1c1cccc(F)c1. The van der Waals surface area contributed by atoms with Crippen LogP contribution >= 0.6 is 0 Å². The third-order valence-corrected chi connectivity index (χ3v) is 4.50. The molecule has 0 saturated carbocycles. The lowest BCUT2D eigenvalue weighted by molar-refractivity contribution is -0.151. The van der Waals surface area contributed by atoms with E-state index < -0.39 is 23.6 Å². The van der Waals surface area contributed by atoms with E-state index >= 15 is 0 Å². The van der Waals surface area contributed by atoms with Gasteiger partial charge >= 0.3 is 5.97 Å². The zero-order valence-electron chi connectivity index (χ0n) is 14.2. The third kappa shape index (κ3) is 3.72. The molecule has 2 atom stereocenters. The van der Waals surface area contributed by atoms with E-state index in [0.717, 1.165) is 0 Å². The van der Waals surface area contributed by atoms with E-state index in [1.807, 2.05) is 0 Å². The first-order chi connectivity index (χ1) is 12.5. The molecule has 1 aliphatic carbocycles. The fraction of sp³-hybridized carbons (Fsp3) is 0.238. The number of carbonyl (C=O) groups is 2. The minimum Gasteiger partial charge on any atom is -0.465 e. The maximum atomic E-state index is 13.7. The molecule has 0 spiro atoms. The number of esters is 1. The summed E-state index contributed by atoms with van der Waals surface area (Å²) in [6.45, 7) is 1.83. The maximum Gasteiger partial charge on any atom is 0.317 e. The molecule has 0 saturated heterocycles. The van der Waals surface area contributed by atoms with Crippen molar-refractivity contribution >= 4 is 17.3 Å². The number of hydrogen-bond acceptors (Lipinski definition) is 3. The quantitative estimate of drug-likeness (QED) is 0.606. The van der Waals surface area contributed by atoms with Gasteiger partial charge in [-0.25, -0.2) is 8.78 Å². The normalized spacial score (nSPS) is 19.8. The van der Waals surface area contributed by atoms with Gasteiger partial charge in [-0.1, -0.05) is 24.3 Å². The molecule has 26 heavy (non-hydrogen) atoms. The van der Waals surface area contributed by atoms with Crippen molar-refractivity contribution in [2.45, 2.75) is 19.3 Å². The Bertz CT molecular complexity index is 856. The molecule has 3 rings (SSSR count). The topological polar surface area (TPSA) is 43.4 Å². The van der Waals surface area contributed by atoms with Gasteiger partial charge in [0.2, 0.25) is 0 Å². The summed E-state index contributed by atoms with van der Waals surface area (Å²) in [5, 5.41) is 0. The molecule has 0 fully saturated rings.